The van der Waals surface area contributed by atoms with E-state index in [4.69, 9.17) is 10.5 Å². The first kappa shape index (κ1) is 16.3. The molecular weight excluding hydrogens is 274 g/mol. The summed E-state index contributed by atoms with van der Waals surface area (Å²) in [4.78, 5) is 2.28. The van der Waals surface area contributed by atoms with Crippen LogP contribution in [0, 0.1) is 11.6 Å². The molecule has 1 aromatic carbocycles. The minimum atomic E-state index is -0.577. The second-order valence-electron chi connectivity index (χ2n) is 5.63. The van der Waals surface area contributed by atoms with Gasteiger partial charge in [-0.3, -0.25) is 0 Å². The van der Waals surface area contributed by atoms with Gasteiger partial charge in [0.2, 0.25) is 0 Å². The number of nitrogens with two attached hydrogens (primary N) is 1. The van der Waals surface area contributed by atoms with Crippen molar-refractivity contribution in [1.82, 2.24) is 4.90 Å². The normalized spacial score (nSPS) is 20.1. The van der Waals surface area contributed by atoms with Crippen LogP contribution < -0.4 is 5.73 Å². The summed E-state index contributed by atoms with van der Waals surface area (Å²) >= 11 is 0. The average Bonchev–Trinajstić information content (AvgIpc) is 2.94. The Kier molecular flexibility index (Phi) is 6.08. The highest BCUT2D eigenvalue weighted by atomic mass is 19.1. The molecule has 2 atom stereocenters. The van der Waals surface area contributed by atoms with E-state index >= 15 is 0 Å². The zero-order valence-electron chi connectivity index (χ0n) is 12.5. The lowest BCUT2D eigenvalue weighted by Crippen LogP contribution is -2.34. The molecule has 2 rings (SSSR count). The van der Waals surface area contributed by atoms with Gasteiger partial charge in [0.15, 0.2) is 0 Å². The summed E-state index contributed by atoms with van der Waals surface area (Å²) in [6, 6.07) is 3.13. The molecule has 0 amide bonds. The van der Waals surface area contributed by atoms with Crippen LogP contribution in [0.2, 0.25) is 0 Å². The van der Waals surface area contributed by atoms with Gasteiger partial charge < -0.3 is 15.4 Å². The van der Waals surface area contributed by atoms with Crippen LogP contribution in [0.5, 0.6) is 0 Å². The molecule has 0 bridgehead atoms. The van der Waals surface area contributed by atoms with Gasteiger partial charge in [-0.1, -0.05) is 6.92 Å². The highest BCUT2D eigenvalue weighted by Crippen LogP contribution is 2.19. The summed E-state index contributed by atoms with van der Waals surface area (Å²) in [5.74, 6) is -1.15. The maximum Gasteiger partial charge on any atom is 0.126 e. The second-order valence-corrected chi connectivity index (χ2v) is 5.63. The van der Waals surface area contributed by atoms with E-state index in [0.717, 1.165) is 45.1 Å². The van der Waals surface area contributed by atoms with E-state index < -0.39 is 11.6 Å². The van der Waals surface area contributed by atoms with Gasteiger partial charge in [-0.2, -0.15) is 0 Å². The molecule has 118 valence electrons. The molecule has 1 aliphatic rings. The van der Waals surface area contributed by atoms with E-state index in [1.807, 2.05) is 0 Å². The van der Waals surface area contributed by atoms with Crippen LogP contribution in [0.25, 0.3) is 0 Å². The molecule has 2 N–H and O–H groups in total. The predicted molar refractivity (Wildman–Crippen MR) is 79.0 cm³/mol. The third-order valence-electron chi connectivity index (χ3n) is 4.00. The summed E-state index contributed by atoms with van der Waals surface area (Å²) in [6.07, 6.45) is 3.22. The smallest absolute Gasteiger partial charge is 0.126 e. The summed E-state index contributed by atoms with van der Waals surface area (Å²) in [5.41, 5.74) is 6.57. The number of halogens is 2. The average molecular weight is 298 g/mol. The number of ether oxygens (including phenoxy) is 1. The molecule has 1 aromatic rings. The molecule has 1 saturated heterocycles. The van der Waals surface area contributed by atoms with Gasteiger partial charge in [0.05, 0.1) is 6.10 Å². The van der Waals surface area contributed by atoms with Crippen LogP contribution in [0.3, 0.4) is 0 Å². The molecule has 0 saturated carbocycles. The maximum absolute atomic E-state index is 13.2. The molecule has 1 aliphatic heterocycles. The Labute approximate surface area is 125 Å². The van der Waals surface area contributed by atoms with Crippen molar-refractivity contribution in [1.29, 1.82) is 0 Å². The van der Waals surface area contributed by atoms with Crippen molar-refractivity contribution in [2.75, 3.05) is 26.2 Å². The van der Waals surface area contributed by atoms with E-state index in [1.54, 1.807) is 0 Å². The fourth-order valence-electron chi connectivity index (χ4n) is 2.73. The lowest BCUT2D eigenvalue weighted by molar-refractivity contribution is 0.0738. The lowest BCUT2D eigenvalue weighted by Gasteiger charge is -2.25. The predicted octanol–water partition coefficient (Wildman–Crippen LogP) is 2.86. The fraction of sp³-hybridized carbons (Fsp3) is 0.625. The molecule has 0 aliphatic carbocycles. The van der Waals surface area contributed by atoms with Crippen molar-refractivity contribution >= 4 is 0 Å². The summed E-state index contributed by atoms with van der Waals surface area (Å²) < 4.78 is 32.0. The van der Waals surface area contributed by atoms with E-state index in [2.05, 4.69) is 11.8 Å². The van der Waals surface area contributed by atoms with Crippen molar-refractivity contribution in [3.63, 3.8) is 0 Å². The summed E-state index contributed by atoms with van der Waals surface area (Å²) in [5, 5.41) is 0. The minimum absolute atomic E-state index is 0.313. The Balaban J connectivity index is 1.84. The van der Waals surface area contributed by atoms with E-state index in [1.165, 1.54) is 12.1 Å². The van der Waals surface area contributed by atoms with Crippen molar-refractivity contribution < 1.29 is 13.5 Å². The van der Waals surface area contributed by atoms with Gasteiger partial charge in [-0.15, -0.1) is 0 Å². The molecule has 3 nitrogen and oxygen atoms in total. The van der Waals surface area contributed by atoms with E-state index in [0.29, 0.717) is 18.1 Å². The quantitative estimate of drug-likeness (QED) is 0.841. The Morgan fingerprint density at radius 1 is 1.33 bits per heavy atom. The molecule has 0 radical (unpaired) electrons. The van der Waals surface area contributed by atoms with E-state index in [9.17, 15) is 8.78 Å². The van der Waals surface area contributed by atoms with Gasteiger partial charge in [-0.25, -0.2) is 8.78 Å². The molecule has 5 heteroatoms. The van der Waals surface area contributed by atoms with Crippen LogP contribution >= 0.6 is 0 Å². The Morgan fingerprint density at radius 2 is 2.05 bits per heavy atom. The topological polar surface area (TPSA) is 38.5 Å². The van der Waals surface area contributed by atoms with Crippen molar-refractivity contribution in [2.24, 2.45) is 5.73 Å². The number of hydrogen-bond donors (Lipinski definition) is 1. The number of nitrogens with zero attached hydrogens (tertiary/aromatic N) is 1. The van der Waals surface area contributed by atoms with Crippen molar-refractivity contribution in [3.8, 4) is 0 Å². The van der Waals surface area contributed by atoms with Crippen molar-refractivity contribution in [3.05, 3.63) is 35.4 Å². The third-order valence-corrected chi connectivity index (χ3v) is 4.00. The molecular formula is C16H24F2N2O. The standard InChI is InChI=1S/C16H24F2N2O/c1-2-20(11-15-4-3-7-21-15)6-5-16(19)12-8-13(17)10-14(18)9-12/h8-10,15-16H,2-7,11,19H2,1H3. The second kappa shape index (κ2) is 7.82. The Morgan fingerprint density at radius 3 is 2.62 bits per heavy atom. The van der Waals surface area contributed by atoms with Crippen LogP contribution in [0.15, 0.2) is 18.2 Å². The Hall–Kier alpha value is -1.04. The molecule has 21 heavy (non-hydrogen) atoms. The number of rotatable bonds is 7. The molecule has 0 aromatic heterocycles. The lowest BCUT2D eigenvalue weighted by atomic mass is 10.0. The monoisotopic (exact) mass is 298 g/mol. The van der Waals surface area contributed by atoms with Crippen LogP contribution in [-0.4, -0.2) is 37.2 Å². The summed E-state index contributed by atoms with van der Waals surface area (Å²) in [7, 11) is 0. The van der Waals surface area contributed by atoms with Crippen LogP contribution in [0.4, 0.5) is 8.78 Å². The molecule has 2 unspecified atom stereocenters. The third kappa shape index (κ3) is 5.02. The SMILES string of the molecule is CCN(CCC(N)c1cc(F)cc(F)c1)CC1CCCO1. The highest BCUT2D eigenvalue weighted by Gasteiger charge is 2.19. The number of likely N-dealkylation sites (N-methyl/N-ethyl adjacent to an activating group) is 1. The molecule has 1 heterocycles. The van der Waals surface area contributed by atoms with Gasteiger partial charge in [0, 0.05) is 31.8 Å². The first-order valence-corrected chi connectivity index (χ1v) is 7.64. The zero-order chi connectivity index (χ0) is 15.2. The minimum Gasteiger partial charge on any atom is -0.377 e. The fourth-order valence-corrected chi connectivity index (χ4v) is 2.73. The molecule has 0 spiro atoms. The van der Waals surface area contributed by atoms with Crippen molar-refractivity contribution in [2.45, 2.75) is 38.3 Å². The Bertz CT molecular complexity index is 430. The largest absolute Gasteiger partial charge is 0.377 e. The highest BCUT2D eigenvalue weighted by molar-refractivity contribution is 5.21. The molecule has 1 fully saturated rings. The zero-order valence-corrected chi connectivity index (χ0v) is 12.5. The van der Waals surface area contributed by atoms with Gasteiger partial charge in [-0.05, 0) is 43.5 Å². The first-order chi connectivity index (χ1) is 10.1. The number of hydrogen-bond acceptors (Lipinski definition) is 3. The van der Waals surface area contributed by atoms with Gasteiger partial charge >= 0.3 is 0 Å². The van der Waals surface area contributed by atoms with Gasteiger partial charge in [0.1, 0.15) is 11.6 Å². The van der Waals surface area contributed by atoms with E-state index in [-0.39, 0.29) is 6.04 Å². The van der Waals surface area contributed by atoms with Crippen LogP contribution in [0.1, 0.15) is 37.8 Å². The number of benzene rings is 1. The summed E-state index contributed by atoms with van der Waals surface area (Å²) in [6.45, 7) is 5.58. The van der Waals surface area contributed by atoms with Crippen LogP contribution in [-0.2, 0) is 4.74 Å². The first-order valence-electron chi connectivity index (χ1n) is 7.64. The van der Waals surface area contributed by atoms with Gasteiger partial charge in [0.25, 0.3) is 0 Å². The maximum atomic E-state index is 13.2.